The van der Waals surface area contributed by atoms with Crippen molar-refractivity contribution in [3.8, 4) is 5.75 Å². The van der Waals surface area contributed by atoms with Crippen molar-refractivity contribution in [3.63, 3.8) is 0 Å². The molecule has 0 aliphatic heterocycles. The fourth-order valence-corrected chi connectivity index (χ4v) is 1.94. The summed E-state index contributed by atoms with van der Waals surface area (Å²) in [5.74, 6) is -1.71. The average Bonchev–Trinajstić information content (AvgIpc) is 3.06. The fourth-order valence-electron chi connectivity index (χ4n) is 1.94. The van der Waals surface area contributed by atoms with E-state index < -0.39 is 18.0 Å². The molecule has 2 aromatic rings. The van der Waals surface area contributed by atoms with E-state index in [4.69, 9.17) is 14.9 Å². The van der Waals surface area contributed by atoms with Crippen LogP contribution in [-0.2, 0) is 9.59 Å². The Bertz CT molecular complexity index is 722. The number of rotatable bonds is 8. The summed E-state index contributed by atoms with van der Waals surface area (Å²) >= 11 is 0. The number of fused-ring (bicyclic) bond motifs is 1. The molecular formula is C18H24N2O6. The molecule has 0 saturated heterocycles. The highest BCUT2D eigenvalue weighted by atomic mass is 16.5. The maximum atomic E-state index is 9.79. The predicted molar refractivity (Wildman–Crippen MR) is 97.4 cm³/mol. The molecular weight excluding hydrogens is 340 g/mol. The first kappa shape index (κ1) is 21.2. The lowest BCUT2D eigenvalue weighted by molar-refractivity contribution is -0.134. The van der Waals surface area contributed by atoms with Crippen LogP contribution in [0.4, 0.5) is 0 Å². The Morgan fingerprint density at radius 3 is 2.42 bits per heavy atom. The number of carbonyl (C=O) groups is 2. The van der Waals surface area contributed by atoms with Crippen LogP contribution in [0.15, 0.2) is 42.6 Å². The lowest BCUT2D eigenvalue weighted by atomic mass is 10.2. The smallest absolute Gasteiger partial charge is 0.328 e. The lowest BCUT2D eigenvalue weighted by Gasteiger charge is -2.15. The summed E-state index contributed by atoms with van der Waals surface area (Å²) in [6, 6.07) is 8.20. The molecule has 0 radical (unpaired) electrons. The van der Waals surface area contributed by atoms with Crippen molar-refractivity contribution < 1.29 is 29.6 Å². The van der Waals surface area contributed by atoms with Crippen LogP contribution in [0.25, 0.3) is 10.9 Å². The van der Waals surface area contributed by atoms with Crippen molar-refractivity contribution in [2.45, 2.75) is 26.0 Å². The number of hydrogen-bond acceptors (Lipinski definition) is 5. The molecule has 1 aromatic heterocycles. The molecule has 0 amide bonds. The minimum Gasteiger partial charge on any atom is -0.490 e. The standard InChI is InChI=1S/C14H20N2O2.C4H4O4/c1-10(2)16-8-11(17)9-18-14-5-3-4-13-12(14)6-7-15-13;5-3(6)1-2-4(7)8/h3-7,10-11,15-17H,8-9H2,1-2H3;1-2H,(H,5,6)(H,7,8)/b;2-1-. The summed E-state index contributed by atoms with van der Waals surface area (Å²) in [4.78, 5) is 22.2. The van der Waals surface area contributed by atoms with E-state index >= 15 is 0 Å². The molecule has 8 nitrogen and oxygen atoms in total. The van der Waals surface area contributed by atoms with Gasteiger partial charge in [-0.15, -0.1) is 0 Å². The van der Waals surface area contributed by atoms with Gasteiger partial charge in [0.05, 0.1) is 0 Å². The number of aromatic amines is 1. The van der Waals surface area contributed by atoms with Gasteiger partial charge in [0.1, 0.15) is 18.5 Å². The van der Waals surface area contributed by atoms with Gasteiger partial charge in [-0.05, 0) is 18.2 Å². The van der Waals surface area contributed by atoms with Crippen molar-refractivity contribution in [2.24, 2.45) is 0 Å². The van der Waals surface area contributed by atoms with Gasteiger partial charge in [-0.25, -0.2) is 9.59 Å². The Morgan fingerprint density at radius 1 is 1.19 bits per heavy atom. The van der Waals surface area contributed by atoms with Gasteiger partial charge in [0, 0.05) is 41.8 Å². The maximum absolute atomic E-state index is 9.79. The second-order valence-corrected chi connectivity index (χ2v) is 5.73. The zero-order valence-corrected chi connectivity index (χ0v) is 14.7. The first-order valence-electron chi connectivity index (χ1n) is 8.04. The third kappa shape index (κ3) is 8.32. The predicted octanol–water partition coefficient (Wildman–Crippen LogP) is 1.62. The number of ether oxygens (including phenoxy) is 1. The lowest BCUT2D eigenvalue weighted by Crippen LogP contribution is -2.35. The Balaban J connectivity index is 0.000000359. The molecule has 0 saturated carbocycles. The molecule has 0 fully saturated rings. The Hall–Kier alpha value is -2.84. The van der Waals surface area contributed by atoms with Crippen LogP contribution in [0.5, 0.6) is 5.75 Å². The third-order valence-corrected chi connectivity index (χ3v) is 3.12. The molecule has 1 heterocycles. The minimum atomic E-state index is -1.26. The number of nitrogens with one attached hydrogen (secondary N) is 2. The summed E-state index contributed by atoms with van der Waals surface area (Å²) in [6.45, 7) is 4.94. The number of aliphatic hydroxyl groups excluding tert-OH is 1. The molecule has 142 valence electrons. The van der Waals surface area contributed by atoms with Gasteiger partial charge in [0.2, 0.25) is 0 Å². The highest BCUT2D eigenvalue weighted by Crippen LogP contribution is 2.24. The topological polar surface area (TPSA) is 132 Å². The number of benzene rings is 1. The van der Waals surface area contributed by atoms with Crippen molar-refractivity contribution >= 4 is 22.8 Å². The van der Waals surface area contributed by atoms with Gasteiger partial charge in [-0.1, -0.05) is 19.9 Å². The summed E-state index contributed by atoms with van der Waals surface area (Å²) in [5.41, 5.74) is 1.04. The zero-order valence-electron chi connectivity index (χ0n) is 14.7. The highest BCUT2D eigenvalue weighted by Gasteiger charge is 2.08. The zero-order chi connectivity index (χ0) is 19.5. The number of aliphatic carboxylic acids is 2. The van der Waals surface area contributed by atoms with E-state index in [9.17, 15) is 14.7 Å². The molecule has 1 aromatic carbocycles. The number of carboxylic acids is 2. The molecule has 8 heteroatoms. The molecule has 0 bridgehead atoms. The fraction of sp³-hybridized carbons (Fsp3) is 0.333. The Kier molecular flexibility index (Phi) is 8.90. The Morgan fingerprint density at radius 2 is 1.85 bits per heavy atom. The van der Waals surface area contributed by atoms with Crippen LogP contribution < -0.4 is 10.1 Å². The molecule has 5 N–H and O–H groups in total. The summed E-state index contributed by atoms with van der Waals surface area (Å²) in [5, 5.41) is 29.6. The first-order valence-corrected chi connectivity index (χ1v) is 8.04. The SMILES string of the molecule is CC(C)NCC(O)COc1cccc2[nH]ccc12.O=C(O)/C=C\C(=O)O. The maximum Gasteiger partial charge on any atom is 0.328 e. The molecule has 1 unspecified atom stereocenters. The van der Waals surface area contributed by atoms with Gasteiger partial charge in [-0.3, -0.25) is 0 Å². The van der Waals surface area contributed by atoms with Gasteiger partial charge in [0.25, 0.3) is 0 Å². The quantitative estimate of drug-likeness (QED) is 0.450. The van der Waals surface area contributed by atoms with Crippen LogP contribution in [-0.4, -0.2) is 57.5 Å². The average molecular weight is 364 g/mol. The van der Waals surface area contributed by atoms with E-state index in [-0.39, 0.29) is 0 Å². The van der Waals surface area contributed by atoms with Crippen molar-refractivity contribution in [1.82, 2.24) is 10.3 Å². The summed E-state index contributed by atoms with van der Waals surface area (Å²) in [7, 11) is 0. The highest BCUT2D eigenvalue weighted by molar-refractivity contribution is 5.89. The van der Waals surface area contributed by atoms with E-state index in [2.05, 4.69) is 10.3 Å². The van der Waals surface area contributed by atoms with Gasteiger partial charge < -0.3 is 30.4 Å². The van der Waals surface area contributed by atoms with Crippen molar-refractivity contribution in [2.75, 3.05) is 13.2 Å². The van der Waals surface area contributed by atoms with Gasteiger partial charge >= 0.3 is 11.9 Å². The van der Waals surface area contributed by atoms with E-state index in [1.807, 2.05) is 44.3 Å². The van der Waals surface area contributed by atoms with Crippen molar-refractivity contribution in [1.29, 1.82) is 0 Å². The number of H-pyrrole nitrogens is 1. The third-order valence-electron chi connectivity index (χ3n) is 3.12. The van der Waals surface area contributed by atoms with E-state index in [1.54, 1.807) is 0 Å². The molecule has 0 aliphatic carbocycles. The number of aliphatic hydroxyl groups is 1. The van der Waals surface area contributed by atoms with Gasteiger partial charge in [-0.2, -0.15) is 0 Å². The van der Waals surface area contributed by atoms with E-state index in [0.29, 0.717) is 31.3 Å². The van der Waals surface area contributed by atoms with E-state index in [1.165, 1.54) is 0 Å². The normalized spacial score (nSPS) is 12.0. The number of hydrogen-bond donors (Lipinski definition) is 5. The first-order chi connectivity index (χ1) is 12.3. The number of aromatic nitrogens is 1. The molecule has 0 aliphatic rings. The summed E-state index contributed by atoms with van der Waals surface area (Å²) in [6.07, 6.45) is 2.50. The Labute approximate surface area is 151 Å². The molecule has 1 atom stereocenters. The number of carboxylic acid groups (broad SMARTS) is 2. The molecule has 0 spiro atoms. The largest absolute Gasteiger partial charge is 0.490 e. The minimum absolute atomic E-state index is 0.296. The van der Waals surface area contributed by atoms with Crippen LogP contribution in [0.3, 0.4) is 0 Å². The van der Waals surface area contributed by atoms with E-state index in [0.717, 1.165) is 16.7 Å². The molecule has 2 rings (SSSR count). The van der Waals surface area contributed by atoms with Crippen LogP contribution in [0, 0.1) is 0 Å². The van der Waals surface area contributed by atoms with Gasteiger partial charge in [0.15, 0.2) is 0 Å². The monoisotopic (exact) mass is 364 g/mol. The second kappa shape index (κ2) is 10.9. The summed E-state index contributed by atoms with van der Waals surface area (Å²) < 4.78 is 5.66. The molecule has 26 heavy (non-hydrogen) atoms. The van der Waals surface area contributed by atoms with Crippen LogP contribution in [0.1, 0.15) is 13.8 Å². The van der Waals surface area contributed by atoms with Crippen LogP contribution in [0.2, 0.25) is 0 Å². The van der Waals surface area contributed by atoms with Crippen LogP contribution >= 0.6 is 0 Å². The van der Waals surface area contributed by atoms with Crippen molar-refractivity contribution in [3.05, 3.63) is 42.6 Å². The second-order valence-electron chi connectivity index (χ2n) is 5.73.